The van der Waals surface area contributed by atoms with E-state index in [-0.39, 0.29) is 23.4 Å². The second kappa shape index (κ2) is 7.00. The van der Waals surface area contributed by atoms with Gasteiger partial charge in [0, 0.05) is 19.1 Å². The Morgan fingerprint density at radius 3 is 2.76 bits per heavy atom. The van der Waals surface area contributed by atoms with Gasteiger partial charge in [-0.05, 0) is 25.3 Å². The molecule has 134 valence electrons. The molecule has 1 aromatic rings. The predicted molar refractivity (Wildman–Crippen MR) is 94.1 cm³/mol. The molecule has 2 aliphatic rings. The number of benzene rings is 1. The highest BCUT2D eigenvalue weighted by Crippen LogP contribution is 2.39. The molecule has 0 bridgehead atoms. The maximum Gasteiger partial charge on any atom is 0.290 e. The lowest BCUT2D eigenvalue weighted by molar-refractivity contribution is -0.131. The average Bonchev–Trinajstić information content (AvgIpc) is 3.16. The number of hydrogen-bond donors (Lipinski definition) is 1. The first-order chi connectivity index (χ1) is 11.9. The average molecular weight is 343 g/mol. The van der Waals surface area contributed by atoms with E-state index >= 15 is 0 Å². The Hall–Kier alpha value is -2.14. The van der Waals surface area contributed by atoms with Crippen LogP contribution in [0, 0.1) is 12.8 Å². The summed E-state index contributed by atoms with van der Waals surface area (Å²) in [6, 6.07) is 7.20. The minimum atomic E-state index is -0.550. The number of carbonyl (C=O) groups is 2. The van der Waals surface area contributed by atoms with E-state index in [9.17, 15) is 14.7 Å². The largest absolute Gasteiger partial charge is 0.503 e. The highest BCUT2D eigenvalue weighted by molar-refractivity contribution is 6.09. The van der Waals surface area contributed by atoms with E-state index in [1.807, 2.05) is 31.2 Å². The molecule has 1 aromatic carbocycles. The van der Waals surface area contributed by atoms with Crippen molar-refractivity contribution < 1.29 is 19.4 Å². The Morgan fingerprint density at radius 1 is 1.40 bits per heavy atom. The molecule has 0 aliphatic carbocycles. The topological polar surface area (TPSA) is 66.8 Å². The molecule has 2 unspecified atom stereocenters. The first-order valence-corrected chi connectivity index (χ1v) is 8.86. The first-order valence-electron chi connectivity index (χ1n) is 8.86. The fourth-order valence-electron chi connectivity index (χ4n) is 3.60. The standard InChI is InChI=1S/C20H25NO4/c1-12(2)18(22)16-17(14-7-4-6-13(3)10-14)21(20(24)19(16)23)11-15-8-5-9-25-15/h4,6-7,10,12,15,17,23H,5,8-9,11H2,1-3H3. The normalized spacial score (nSPS) is 23.8. The molecule has 1 amide bonds. The van der Waals surface area contributed by atoms with Crippen LogP contribution in [0.4, 0.5) is 0 Å². The molecule has 1 N–H and O–H groups in total. The third kappa shape index (κ3) is 3.33. The number of amides is 1. The van der Waals surface area contributed by atoms with E-state index in [1.54, 1.807) is 18.7 Å². The van der Waals surface area contributed by atoms with Crippen LogP contribution in [-0.2, 0) is 14.3 Å². The molecule has 5 heteroatoms. The van der Waals surface area contributed by atoms with Crippen LogP contribution in [0.3, 0.4) is 0 Å². The van der Waals surface area contributed by atoms with E-state index in [0.29, 0.717) is 13.2 Å². The van der Waals surface area contributed by atoms with Gasteiger partial charge in [-0.1, -0.05) is 43.7 Å². The molecule has 1 fully saturated rings. The lowest BCUT2D eigenvalue weighted by Crippen LogP contribution is -2.37. The van der Waals surface area contributed by atoms with Crippen LogP contribution in [0.2, 0.25) is 0 Å². The minimum absolute atomic E-state index is 0.0439. The van der Waals surface area contributed by atoms with E-state index in [0.717, 1.165) is 24.0 Å². The Morgan fingerprint density at radius 2 is 2.16 bits per heavy atom. The van der Waals surface area contributed by atoms with Gasteiger partial charge in [0.15, 0.2) is 11.5 Å². The van der Waals surface area contributed by atoms with E-state index in [1.165, 1.54) is 0 Å². The summed E-state index contributed by atoms with van der Waals surface area (Å²) >= 11 is 0. The number of rotatable bonds is 5. The molecule has 0 saturated carbocycles. The van der Waals surface area contributed by atoms with Gasteiger partial charge in [-0.15, -0.1) is 0 Å². The number of hydrogen-bond acceptors (Lipinski definition) is 4. The number of aryl methyl sites for hydroxylation is 1. The lowest BCUT2D eigenvalue weighted by atomic mass is 9.90. The molecule has 0 spiro atoms. The van der Waals surface area contributed by atoms with Crippen LogP contribution in [0.1, 0.15) is 43.9 Å². The second-order valence-corrected chi connectivity index (χ2v) is 7.19. The third-order valence-corrected chi connectivity index (χ3v) is 4.88. The number of ether oxygens (including phenoxy) is 1. The summed E-state index contributed by atoms with van der Waals surface area (Å²) in [5.74, 6) is -1.37. The van der Waals surface area contributed by atoms with Crippen molar-refractivity contribution in [1.29, 1.82) is 0 Å². The number of aliphatic hydroxyl groups is 1. The maximum atomic E-state index is 12.7. The van der Waals surface area contributed by atoms with Crippen LogP contribution in [0.25, 0.3) is 0 Å². The molecular formula is C20H25NO4. The Kier molecular flexibility index (Phi) is 4.95. The summed E-state index contributed by atoms with van der Waals surface area (Å²) in [5.41, 5.74) is 2.10. The van der Waals surface area contributed by atoms with Crippen LogP contribution in [0.15, 0.2) is 35.6 Å². The summed E-state index contributed by atoms with van der Waals surface area (Å²) in [4.78, 5) is 27.0. The number of carbonyl (C=O) groups excluding carboxylic acids is 2. The first kappa shape index (κ1) is 17.7. The minimum Gasteiger partial charge on any atom is -0.503 e. The number of ketones is 1. The zero-order valence-electron chi connectivity index (χ0n) is 15.0. The third-order valence-electron chi connectivity index (χ3n) is 4.88. The van der Waals surface area contributed by atoms with Gasteiger partial charge in [0.1, 0.15) is 0 Å². The van der Waals surface area contributed by atoms with Crippen LogP contribution < -0.4 is 0 Å². The zero-order valence-corrected chi connectivity index (χ0v) is 15.0. The Bertz CT molecular complexity index is 716. The number of Topliss-reactive ketones (excluding diaryl/α,β-unsaturated/α-hetero) is 1. The number of nitrogens with zero attached hydrogens (tertiary/aromatic N) is 1. The van der Waals surface area contributed by atoms with Crippen molar-refractivity contribution in [1.82, 2.24) is 4.90 Å². The van der Waals surface area contributed by atoms with E-state index in [4.69, 9.17) is 4.74 Å². The lowest BCUT2D eigenvalue weighted by Gasteiger charge is -2.29. The van der Waals surface area contributed by atoms with Crippen molar-refractivity contribution in [2.45, 2.75) is 45.8 Å². The maximum absolute atomic E-state index is 12.7. The van der Waals surface area contributed by atoms with Crippen molar-refractivity contribution >= 4 is 11.7 Å². The van der Waals surface area contributed by atoms with Crippen LogP contribution >= 0.6 is 0 Å². The summed E-state index contributed by atoms with van der Waals surface area (Å²) in [6.07, 6.45) is 1.81. The molecule has 2 heterocycles. The summed E-state index contributed by atoms with van der Waals surface area (Å²) in [5, 5.41) is 10.4. The molecule has 0 radical (unpaired) electrons. The van der Waals surface area contributed by atoms with E-state index < -0.39 is 17.7 Å². The molecule has 1 saturated heterocycles. The predicted octanol–water partition coefficient (Wildman–Crippen LogP) is 3.09. The van der Waals surface area contributed by atoms with E-state index in [2.05, 4.69) is 0 Å². The van der Waals surface area contributed by atoms with Crippen LogP contribution in [0.5, 0.6) is 0 Å². The van der Waals surface area contributed by atoms with Gasteiger partial charge in [-0.25, -0.2) is 0 Å². The molecule has 0 aromatic heterocycles. The van der Waals surface area contributed by atoms with Gasteiger partial charge in [-0.2, -0.15) is 0 Å². The molecular weight excluding hydrogens is 318 g/mol. The fourth-order valence-corrected chi connectivity index (χ4v) is 3.60. The van der Waals surface area contributed by atoms with Gasteiger partial charge >= 0.3 is 0 Å². The van der Waals surface area contributed by atoms with Crippen molar-refractivity contribution in [3.8, 4) is 0 Å². The molecule has 5 nitrogen and oxygen atoms in total. The summed E-state index contributed by atoms with van der Waals surface area (Å²) in [6.45, 7) is 6.61. The van der Waals surface area contributed by atoms with Crippen LogP contribution in [-0.4, -0.2) is 41.0 Å². The molecule has 2 aliphatic heterocycles. The van der Waals surface area contributed by atoms with Crippen molar-refractivity contribution in [2.24, 2.45) is 5.92 Å². The van der Waals surface area contributed by atoms with Gasteiger partial charge in [0.25, 0.3) is 5.91 Å². The fraction of sp³-hybridized carbons (Fsp3) is 0.500. The SMILES string of the molecule is Cc1cccc(C2C(C(=O)C(C)C)=C(O)C(=O)N2CC2CCCO2)c1. The Balaban J connectivity index is 2.02. The highest BCUT2D eigenvalue weighted by atomic mass is 16.5. The van der Waals surface area contributed by atoms with Crippen molar-refractivity contribution in [2.75, 3.05) is 13.2 Å². The smallest absolute Gasteiger partial charge is 0.290 e. The molecule has 3 rings (SSSR count). The quantitative estimate of drug-likeness (QED) is 0.892. The summed E-state index contributed by atoms with van der Waals surface area (Å²) in [7, 11) is 0. The van der Waals surface area contributed by atoms with Crippen molar-refractivity contribution in [3.05, 3.63) is 46.7 Å². The van der Waals surface area contributed by atoms with Gasteiger partial charge < -0.3 is 14.7 Å². The highest BCUT2D eigenvalue weighted by Gasteiger charge is 2.44. The zero-order chi connectivity index (χ0) is 18.1. The van der Waals surface area contributed by atoms with Gasteiger partial charge in [0.05, 0.1) is 17.7 Å². The molecule has 25 heavy (non-hydrogen) atoms. The second-order valence-electron chi connectivity index (χ2n) is 7.19. The van der Waals surface area contributed by atoms with Gasteiger partial charge in [0.2, 0.25) is 0 Å². The van der Waals surface area contributed by atoms with Crippen molar-refractivity contribution in [3.63, 3.8) is 0 Å². The summed E-state index contributed by atoms with van der Waals surface area (Å²) < 4.78 is 5.67. The Labute approximate surface area is 148 Å². The molecule has 2 atom stereocenters. The van der Waals surface area contributed by atoms with Gasteiger partial charge in [-0.3, -0.25) is 9.59 Å². The monoisotopic (exact) mass is 343 g/mol. The number of aliphatic hydroxyl groups excluding tert-OH is 1.